The number of fused-ring (bicyclic) bond motifs is 2. The van der Waals surface area contributed by atoms with Gasteiger partial charge in [-0.25, -0.2) is 8.42 Å². The van der Waals surface area contributed by atoms with Gasteiger partial charge in [-0.2, -0.15) is 4.31 Å². The minimum Gasteiger partial charge on any atom is -0.507 e. The van der Waals surface area contributed by atoms with Crippen LogP contribution in [0.1, 0.15) is 30.4 Å². The van der Waals surface area contributed by atoms with E-state index in [1.807, 2.05) is 0 Å². The molecule has 0 aliphatic carbocycles. The molecule has 12 heteroatoms. The number of para-hydroxylation sites is 1. The van der Waals surface area contributed by atoms with Crippen LogP contribution in [-0.4, -0.2) is 104 Å². The Morgan fingerprint density at radius 3 is 2.30 bits per heavy atom. The minimum atomic E-state index is -3.73. The van der Waals surface area contributed by atoms with E-state index in [2.05, 4.69) is 11.5 Å². The summed E-state index contributed by atoms with van der Waals surface area (Å²) in [5, 5.41) is 11.8. The molecule has 4 heterocycles. The third-order valence-electron chi connectivity index (χ3n) is 8.95. The topological polar surface area (TPSA) is 128 Å². The maximum Gasteiger partial charge on any atom is 0.296 e. The molecule has 44 heavy (non-hydrogen) atoms. The van der Waals surface area contributed by atoms with Gasteiger partial charge in [0.2, 0.25) is 10.0 Å². The lowest BCUT2D eigenvalue weighted by molar-refractivity contribution is -0.144. The Bertz CT molecular complexity index is 1630. The van der Waals surface area contributed by atoms with Crippen molar-refractivity contribution >= 4 is 39.1 Å². The minimum absolute atomic E-state index is 0.0658. The van der Waals surface area contributed by atoms with Crippen LogP contribution < -0.4 is 4.90 Å². The van der Waals surface area contributed by atoms with Gasteiger partial charge in [-0.15, -0.1) is 6.58 Å². The molecule has 1 N–H and O–H groups in total. The Balaban J connectivity index is 1.46. The molecule has 0 saturated carbocycles. The number of sulfonamides is 1. The van der Waals surface area contributed by atoms with Crippen molar-refractivity contribution in [2.24, 2.45) is 0 Å². The smallest absolute Gasteiger partial charge is 0.296 e. The van der Waals surface area contributed by atoms with E-state index < -0.39 is 38.9 Å². The molecule has 2 aromatic rings. The SMILES string of the molecule is C=CCN1C(=O)C2(/C(=C(/O)c3ccc(S(=O)(=O)N4CCCCC4)cc3)C(=O)C(=O)N2CCN2CCOCC2)c2ccccc21. The van der Waals surface area contributed by atoms with E-state index in [4.69, 9.17) is 4.74 Å². The lowest BCUT2D eigenvalue weighted by Gasteiger charge is -2.36. The fraction of sp³-hybridized carbons (Fsp3) is 0.406. The summed E-state index contributed by atoms with van der Waals surface area (Å²) in [6.45, 7) is 7.66. The zero-order valence-electron chi connectivity index (χ0n) is 24.5. The fourth-order valence-corrected chi connectivity index (χ4v) is 8.24. The molecule has 1 atom stereocenters. The lowest BCUT2D eigenvalue weighted by Crippen LogP contribution is -2.54. The number of ether oxygens (including phenoxy) is 1. The third-order valence-corrected chi connectivity index (χ3v) is 10.9. The van der Waals surface area contributed by atoms with E-state index in [0.717, 1.165) is 19.3 Å². The second kappa shape index (κ2) is 11.9. The zero-order chi connectivity index (χ0) is 31.1. The van der Waals surface area contributed by atoms with Gasteiger partial charge in [0.25, 0.3) is 17.6 Å². The monoisotopic (exact) mass is 620 g/mol. The Kier molecular flexibility index (Phi) is 8.18. The lowest BCUT2D eigenvalue weighted by atomic mass is 9.82. The van der Waals surface area contributed by atoms with Crippen LogP contribution in [0.25, 0.3) is 5.76 Å². The van der Waals surface area contributed by atoms with E-state index in [1.54, 1.807) is 30.3 Å². The molecule has 1 spiro atoms. The molecule has 0 aromatic heterocycles. The predicted molar refractivity (Wildman–Crippen MR) is 163 cm³/mol. The van der Waals surface area contributed by atoms with Crippen LogP contribution in [0.15, 0.2) is 71.7 Å². The molecule has 4 aliphatic heterocycles. The summed E-state index contributed by atoms with van der Waals surface area (Å²) in [7, 11) is -3.73. The number of Topliss-reactive ketones (excluding diaryl/α,β-unsaturated/α-hetero) is 1. The summed E-state index contributed by atoms with van der Waals surface area (Å²) in [6.07, 6.45) is 4.14. The highest BCUT2D eigenvalue weighted by molar-refractivity contribution is 7.89. The van der Waals surface area contributed by atoms with Crippen molar-refractivity contribution in [2.75, 3.05) is 63.9 Å². The number of morpholine rings is 1. The standard InChI is InChI=1S/C32H36N4O7S/c1-2-14-35-26-9-5-4-8-25(26)32(31(35)40)27(29(38)30(39)36(32)18-17-33-19-21-43-22-20-33)28(37)23-10-12-24(13-11-23)44(41,42)34-15-6-3-7-16-34/h2,4-5,8-13,37H,1,3,6-7,14-22H2/b28-27+. The Hall–Kier alpha value is -3.84. The van der Waals surface area contributed by atoms with Gasteiger partial charge in [0.05, 0.1) is 29.4 Å². The first-order valence-corrected chi connectivity index (χ1v) is 16.4. The van der Waals surface area contributed by atoms with Crippen molar-refractivity contribution in [2.45, 2.75) is 29.7 Å². The van der Waals surface area contributed by atoms with Gasteiger partial charge >= 0.3 is 0 Å². The molecule has 0 bridgehead atoms. The number of carbonyl (C=O) groups excluding carboxylic acids is 3. The molecule has 3 saturated heterocycles. The average Bonchev–Trinajstić information content (AvgIpc) is 3.43. The van der Waals surface area contributed by atoms with Gasteiger partial charge in [-0.3, -0.25) is 19.3 Å². The number of rotatable bonds is 8. The molecule has 11 nitrogen and oxygen atoms in total. The van der Waals surface area contributed by atoms with Crippen molar-refractivity contribution in [1.82, 2.24) is 14.1 Å². The number of aliphatic hydroxyl groups excluding tert-OH is 1. The number of anilines is 1. The second-order valence-electron chi connectivity index (χ2n) is 11.4. The fourth-order valence-electron chi connectivity index (χ4n) is 6.73. The van der Waals surface area contributed by atoms with Crippen molar-refractivity contribution < 1.29 is 32.6 Å². The molecule has 6 rings (SSSR count). The third kappa shape index (κ3) is 4.76. The van der Waals surface area contributed by atoms with Gasteiger partial charge in [0.1, 0.15) is 5.76 Å². The largest absolute Gasteiger partial charge is 0.507 e. The summed E-state index contributed by atoms with van der Waals surface area (Å²) in [4.78, 5) is 47.1. The van der Waals surface area contributed by atoms with Gasteiger partial charge in [0, 0.05) is 56.9 Å². The number of ketones is 1. The van der Waals surface area contributed by atoms with Gasteiger partial charge in [-0.1, -0.05) is 30.7 Å². The molecular formula is C32H36N4O7S. The zero-order valence-corrected chi connectivity index (χ0v) is 25.3. The maximum absolute atomic E-state index is 14.5. The van der Waals surface area contributed by atoms with Gasteiger partial charge < -0.3 is 19.6 Å². The number of nitrogens with zero attached hydrogens (tertiary/aromatic N) is 4. The Labute approximate surface area is 257 Å². The maximum atomic E-state index is 14.5. The summed E-state index contributed by atoms with van der Waals surface area (Å²) >= 11 is 0. The number of carbonyl (C=O) groups is 3. The summed E-state index contributed by atoms with van der Waals surface area (Å²) in [6, 6.07) is 12.5. The van der Waals surface area contributed by atoms with Gasteiger partial charge in [0.15, 0.2) is 5.54 Å². The Morgan fingerprint density at radius 1 is 0.932 bits per heavy atom. The predicted octanol–water partition coefficient (Wildman–Crippen LogP) is 2.30. The van der Waals surface area contributed by atoms with Crippen molar-refractivity contribution in [3.05, 3.63) is 77.9 Å². The summed E-state index contributed by atoms with van der Waals surface area (Å²) < 4.78 is 33.3. The number of benzene rings is 2. The van der Waals surface area contributed by atoms with Crippen molar-refractivity contribution in [3.63, 3.8) is 0 Å². The number of piperidine rings is 1. The highest BCUT2D eigenvalue weighted by atomic mass is 32.2. The van der Waals surface area contributed by atoms with Crippen LogP contribution in [0.2, 0.25) is 0 Å². The number of amides is 2. The summed E-state index contributed by atoms with van der Waals surface area (Å²) in [5.41, 5.74) is -1.17. The molecule has 0 radical (unpaired) electrons. The quantitative estimate of drug-likeness (QED) is 0.206. The van der Waals surface area contributed by atoms with Gasteiger partial charge in [-0.05, 0) is 43.2 Å². The highest BCUT2D eigenvalue weighted by Crippen LogP contribution is 2.53. The van der Waals surface area contributed by atoms with Crippen LogP contribution in [0.3, 0.4) is 0 Å². The average molecular weight is 621 g/mol. The number of likely N-dealkylation sites (tertiary alicyclic amines) is 1. The van der Waals surface area contributed by atoms with E-state index in [9.17, 15) is 27.9 Å². The molecule has 3 fully saturated rings. The second-order valence-corrected chi connectivity index (χ2v) is 13.3. The first kappa shape index (κ1) is 30.2. The number of hydrogen-bond acceptors (Lipinski definition) is 8. The Morgan fingerprint density at radius 2 is 1.61 bits per heavy atom. The molecule has 2 amide bonds. The first-order chi connectivity index (χ1) is 21.2. The number of hydrogen-bond donors (Lipinski definition) is 1. The van der Waals surface area contributed by atoms with E-state index in [-0.39, 0.29) is 29.1 Å². The normalized spacial score (nSPS) is 24.3. The van der Waals surface area contributed by atoms with Crippen LogP contribution in [0.5, 0.6) is 0 Å². The molecule has 232 valence electrons. The van der Waals surface area contributed by atoms with Crippen molar-refractivity contribution in [1.29, 1.82) is 0 Å². The van der Waals surface area contributed by atoms with Crippen LogP contribution in [0, 0.1) is 0 Å². The van der Waals surface area contributed by atoms with E-state index in [1.165, 1.54) is 38.4 Å². The van der Waals surface area contributed by atoms with Crippen molar-refractivity contribution in [3.8, 4) is 0 Å². The van der Waals surface area contributed by atoms with E-state index >= 15 is 0 Å². The first-order valence-electron chi connectivity index (χ1n) is 15.0. The molecule has 1 unspecified atom stereocenters. The highest BCUT2D eigenvalue weighted by Gasteiger charge is 2.67. The number of aliphatic hydroxyl groups is 1. The molecule has 4 aliphatic rings. The van der Waals surface area contributed by atoms with E-state index in [0.29, 0.717) is 57.2 Å². The van der Waals surface area contributed by atoms with Crippen LogP contribution in [0.4, 0.5) is 5.69 Å². The van der Waals surface area contributed by atoms with Crippen LogP contribution >= 0.6 is 0 Å². The summed E-state index contributed by atoms with van der Waals surface area (Å²) in [5.74, 6) is -2.93. The van der Waals surface area contributed by atoms with Crippen LogP contribution in [-0.2, 0) is 34.7 Å². The molecular weight excluding hydrogens is 584 g/mol. The molecule has 2 aromatic carbocycles.